The Morgan fingerprint density at radius 1 is 1.16 bits per heavy atom. The van der Waals surface area contributed by atoms with E-state index in [-0.39, 0.29) is 35.6 Å². The first kappa shape index (κ1) is 22.3. The first-order valence-corrected chi connectivity index (χ1v) is 11.5. The summed E-state index contributed by atoms with van der Waals surface area (Å²) in [5.41, 5.74) is 2.96. The predicted octanol–water partition coefficient (Wildman–Crippen LogP) is 4.39. The quantitative estimate of drug-likeness (QED) is 0.698. The Morgan fingerprint density at radius 2 is 1.88 bits per heavy atom. The first-order chi connectivity index (χ1) is 15.4. The molecule has 2 aliphatic rings. The fourth-order valence-corrected chi connectivity index (χ4v) is 4.25. The Labute approximate surface area is 188 Å². The van der Waals surface area contributed by atoms with E-state index in [0.29, 0.717) is 18.7 Å². The van der Waals surface area contributed by atoms with Crippen LogP contribution in [0.4, 0.5) is 4.39 Å². The number of nitrogens with zero attached hydrogens (tertiary/aromatic N) is 1. The van der Waals surface area contributed by atoms with Gasteiger partial charge in [0.05, 0.1) is 6.04 Å². The van der Waals surface area contributed by atoms with Crippen LogP contribution in [0, 0.1) is 11.7 Å². The Balaban J connectivity index is 1.67. The van der Waals surface area contributed by atoms with Gasteiger partial charge in [0.2, 0.25) is 5.91 Å². The zero-order valence-electron chi connectivity index (χ0n) is 18.9. The largest absolute Gasteiger partial charge is 0.481 e. The minimum atomic E-state index is -0.560. The molecular weight excluding hydrogens is 407 g/mol. The topological polar surface area (TPSA) is 58.6 Å². The Bertz CT molecular complexity index is 985. The van der Waals surface area contributed by atoms with Gasteiger partial charge in [0.25, 0.3) is 5.91 Å². The second-order valence-corrected chi connectivity index (χ2v) is 9.05. The summed E-state index contributed by atoms with van der Waals surface area (Å²) in [7, 11) is 0. The molecule has 2 unspecified atom stereocenters. The van der Waals surface area contributed by atoms with Crippen LogP contribution in [0.15, 0.2) is 42.5 Å². The van der Waals surface area contributed by atoms with Gasteiger partial charge in [-0.15, -0.1) is 0 Å². The van der Waals surface area contributed by atoms with Crippen LogP contribution >= 0.6 is 0 Å². The third-order valence-electron chi connectivity index (χ3n) is 6.17. The Morgan fingerprint density at radius 3 is 2.50 bits per heavy atom. The van der Waals surface area contributed by atoms with E-state index in [1.165, 1.54) is 12.1 Å². The molecule has 0 bridgehead atoms. The molecular formula is C26H31FN2O3. The maximum absolute atomic E-state index is 13.6. The minimum Gasteiger partial charge on any atom is -0.481 e. The molecule has 1 aliphatic carbocycles. The molecule has 2 aromatic carbocycles. The molecule has 0 spiro atoms. The molecule has 170 valence electrons. The van der Waals surface area contributed by atoms with Crippen LogP contribution in [-0.2, 0) is 16.0 Å². The van der Waals surface area contributed by atoms with Crippen molar-refractivity contribution < 1.29 is 18.7 Å². The number of nitrogens with one attached hydrogen (secondary N) is 1. The molecule has 0 saturated heterocycles. The van der Waals surface area contributed by atoms with Crippen LogP contribution in [0.5, 0.6) is 5.75 Å². The molecule has 32 heavy (non-hydrogen) atoms. The number of ether oxygens (including phenoxy) is 1. The van der Waals surface area contributed by atoms with Crippen molar-refractivity contribution in [3.63, 3.8) is 0 Å². The third-order valence-corrected chi connectivity index (χ3v) is 6.17. The zero-order valence-corrected chi connectivity index (χ0v) is 18.9. The highest BCUT2D eigenvalue weighted by molar-refractivity contribution is 5.82. The van der Waals surface area contributed by atoms with E-state index in [4.69, 9.17) is 4.74 Å². The highest BCUT2D eigenvalue weighted by Gasteiger charge is 2.34. The van der Waals surface area contributed by atoms with Gasteiger partial charge in [-0.25, -0.2) is 4.39 Å². The van der Waals surface area contributed by atoms with Crippen molar-refractivity contribution >= 4 is 11.8 Å². The molecule has 6 heteroatoms. The molecule has 1 aliphatic heterocycles. The summed E-state index contributed by atoms with van der Waals surface area (Å²) < 4.78 is 19.7. The van der Waals surface area contributed by atoms with Gasteiger partial charge in [-0.3, -0.25) is 9.59 Å². The molecule has 1 saturated carbocycles. The van der Waals surface area contributed by atoms with Crippen molar-refractivity contribution in [2.24, 2.45) is 5.92 Å². The van der Waals surface area contributed by atoms with Gasteiger partial charge in [0.1, 0.15) is 11.6 Å². The van der Waals surface area contributed by atoms with E-state index in [9.17, 15) is 14.0 Å². The highest BCUT2D eigenvalue weighted by atomic mass is 19.1. The molecule has 2 atom stereocenters. The van der Waals surface area contributed by atoms with E-state index in [0.717, 1.165) is 36.0 Å². The van der Waals surface area contributed by atoms with Crippen molar-refractivity contribution in [3.8, 4) is 5.75 Å². The molecule has 2 aromatic rings. The molecule has 5 nitrogen and oxygen atoms in total. The van der Waals surface area contributed by atoms with Gasteiger partial charge in [-0.1, -0.05) is 39.0 Å². The van der Waals surface area contributed by atoms with Crippen molar-refractivity contribution in [1.82, 2.24) is 10.2 Å². The SMILES string of the molecule is CCC(Oc1ccc2c(c1)C(c1ccc(F)cc1)N(C(=O)C(C)C)CC2)C(=O)NC1CC1. The van der Waals surface area contributed by atoms with Gasteiger partial charge in [-0.2, -0.15) is 0 Å². The lowest BCUT2D eigenvalue weighted by atomic mass is 9.87. The summed E-state index contributed by atoms with van der Waals surface area (Å²) in [5, 5.41) is 3.01. The fraction of sp³-hybridized carbons (Fsp3) is 0.462. The van der Waals surface area contributed by atoms with E-state index >= 15 is 0 Å². The second kappa shape index (κ2) is 9.31. The highest BCUT2D eigenvalue weighted by Crippen LogP contribution is 2.38. The summed E-state index contributed by atoms with van der Waals surface area (Å²) in [6.45, 7) is 6.32. The summed E-state index contributed by atoms with van der Waals surface area (Å²) in [5.74, 6) is 0.129. The predicted molar refractivity (Wildman–Crippen MR) is 121 cm³/mol. The van der Waals surface area contributed by atoms with Gasteiger partial charge in [0, 0.05) is 18.5 Å². The lowest BCUT2D eigenvalue weighted by molar-refractivity contribution is -0.136. The zero-order chi connectivity index (χ0) is 22.8. The van der Waals surface area contributed by atoms with Gasteiger partial charge in [-0.05, 0) is 66.6 Å². The van der Waals surface area contributed by atoms with Gasteiger partial charge < -0.3 is 15.0 Å². The van der Waals surface area contributed by atoms with E-state index in [2.05, 4.69) is 5.32 Å². The maximum Gasteiger partial charge on any atom is 0.261 e. The second-order valence-electron chi connectivity index (χ2n) is 9.05. The third kappa shape index (κ3) is 4.79. The Kier molecular flexibility index (Phi) is 6.49. The van der Waals surface area contributed by atoms with Crippen molar-refractivity contribution in [1.29, 1.82) is 0 Å². The average Bonchev–Trinajstić information content (AvgIpc) is 3.60. The molecule has 1 N–H and O–H groups in total. The molecule has 1 fully saturated rings. The number of halogens is 1. The maximum atomic E-state index is 13.6. The van der Waals surface area contributed by atoms with E-state index < -0.39 is 6.10 Å². The molecule has 4 rings (SSSR count). The van der Waals surface area contributed by atoms with Crippen LogP contribution in [0.1, 0.15) is 62.8 Å². The van der Waals surface area contributed by atoms with Crippen LogP contribution in [0.25, 0.3) is 0 Å². The molecule has 1 heterocycles. The number of rotatable bonds is 7. The number of carbonyl (C=O) groups is 2. The van der Waals surface area contributed by atoms with E-state index in [1.807, 2.05) is 43.9 Å². The van der Waals surface area contributed by atoms with Crippen molar-refractivity contribution in [3.05, 3.63) is 65.0 Å². The van der Waals surface area contributed by atoms with Crippen molar-refractivity contribution in [2.45, 2.75) is 64.6 Å². The van der Waals surface area contributed by atoms with Crippen LogP contribution < -0.4 is 10.1 Å². The van der Waals surface area contributed by atoms with Crippen molar-refractivity contribution in [2.75, 3.05) is 6.54 Å². The monoisotopic (exact) mass is 438 g/mol. The molecule has 2 amide bonds. The minimum absolute atomic E-state index is 0.0616. The lowest BCUT2D eigenvalue weighted by Crippen LogP contribution is -2.42. The summed E-state index contributed by atoms with van der Waals surface area (Å²) >= 11 is 0. The number of benzene rings is 2. The number of fused-ring (bicyclic) bond motifs is 1. The summed E-state index contributed by atoms with van der Waals surface area (Å²) in [6, 6.07) is 12.1. The fourth-order valence-electron chi connectivity index (χ4n) is 4.25. The van der Waals surface area contributed by atoms with Crippen LogP contribution in [-0.4, -0.2) is 35.4 Å². The number of hydrogen-bond acceptors (Lipinski definition) is 3. The lowest BCUT2D eigenvalue weighted by Gasteiger charge is -2.39. The average molecular weight is 439 g/mol. The normalized spacial score (nSPS) is 18.8. The first-order valence-electron chi connectivity index (χ1n) is 11.5. The molecule has 0 radical (unpaired) electrons. The summed E-state index contributed by atoms with van der Waals surface area (Å²) in [4.78, 5) is 27.4. The number of hydrogen-bond donors (Lipinski definition) is 1. The van der Waals surface area contributed by atoms with Gasteiger partial charge in [0.15, 0.2) is 6.10 Å². The smallest absolute Gasteiger partial charge is 0.261 e. The van der Waals surface area contributed by atoms with Gasteiger partial charge >= 0.3 is 0 Å². The number of amides is 2. The standard InChI is InChI=1S/C26H31FN2O3/c1-4-23(25(30)28-20-10-11-20)32-21-12-7-17-13-14-29(26(31)16(2)3)24(22(17)15-21)18-5-8-19(27)9-6-18/h5-9,12,15-16,20,23-24H,4,10-11,13-14H2,1-3H3,(H,28,30). The van der Waals surface area contributed by atoms with Crippen LogP contribution in [0.3, 0.4) is 0 Å². The molecule has 0 aromatic heterocycles. The Hall–Kier alpha value is -2.89. The summed E-state index contributed by atoms with van der Waals surface area (Å²) in [6.07, 6.45) is 2.80. The van der Waals surface area contributed by atoms with Crippen LogP contribution in [0.2, 0.25) is 0 Å². The number of carbonyl (C=O) groups excluding carboxylic acids is 2. The van der Waals surface area contributed by atoms with E-state index in [1.54, 1.807) is 12.1 Å².